The van der Waals surface area contributed by atoms with Gasteiger partial charge in [-0.05, 0) is 19.8 Å². The summed E-state index contributed by atoms with van der Waals surface area (Å²) >= 11 is 0. The number of methoxy groups -OCH3 is 1. The Morgan fingerprint density at radius 2 is 2.33 bits per heavy atom. The Balaban J connectivity index is 2.57. The van der Waals surface area contributed by atoms with E-state index < -0.39 is 12.0 Å². The highest BCUT2D eigenvalue weighted by Crippen LogP contribution is 2.14. The number of carbonyl (C=O) groups excluding carboxylic acids is 2. The van der Waals surface area contributed by atoms with Gasteiger partial charge in [-0.2, -0.15) is 5.26 Å². The molecule has 1 N–H and O–H groups in total. The third kappa shape index (κ3) is 4.00. The summed E-state index contributed by atoms with van der Waals surface area (Å²) in [5, 5.41) is 11.4. The van der Waals surface area contributed by atoms with Crippen molar-refractivity contribution in [2.45, 2.75) is 25.8 Å². The fraction of sp³-hybridized carbons (Fsp3) is 0.750. The fourth-order valence-corrected chi connectivity index (χ4v) is 1.79. The van der Waals surface area contributed by atoms with Crippen molar-refractivity contribution in [2.75, 3.05) is 20.3 Å². The van der Waals surface area contributed by atoms with E-state index in [4.69, 9.17) is 10.00 Å². The monoisotopic (exact) mass is 254 g/mol. The van der Waals surface area contributed by atoms with Crippen molar-refractivity contribution in [3.63, 3.8) is 0 Å². The number of carbonyl (C=O) groups is 2. The maximum Gasteiger partial charge on any atom is 0.328 e. The summed E-state index contributed by atoms with van der Waals surface area (Å²) in [6, 6.07) is 1.27. The Morgan fingerprint density at radius 3 is 2.83 bits per heavy atom. The molecular weight excluding hydrogens is 236 g/mol. The fourth-order valence-electron chi connectivity index (χ4n) is 1.79. The van der Waals surface area contributed by atoms with Crippen LogP contribution in [0.2, 0.25) is 0 Å². The lowest BCUT2D eigenvalue weighted by Crippen LogP contribution is -2.45. The Morgan fingerprint density at radius 1 is 1.61 bits per heavy atom. The SMILES string of the molecule is COC(=O)[C@H](C[C@H](C)C#N)NC(=O)[C@H]1CCOC1. The highest BCUT2D eigenvalue weighted by molar-refractivity contribution is 5.85. The third-order valence-electron chi connectivity index (χ3n) is 2.91. The van der Waals surface area contributed by atoms with Crippen LogP contribution in [0.15, 0.2) is 0 Å². The summed E-state index contributed by atoms with van der Waals surface area (Å²) < 4.78 is 9.75. The molecule has 0 aromatic rings. The molecular formula is C12H18N2O4. The van der Waals surface area contributed by atoms with E-state index in [9.17, 15) is 9.59 Å². The van der Waals surface area contributed by atoms with Crippen LogP contribution in [0.4, 0.5) is 0 Å². The summed E-state index contributed by atoms with van der Waals surface area (Å²) in [5.41, 5.74) is 0. The lowest BCUT2D eigenvalue weighted by molar-refractivity contribution is -0.146. The van der Waals surface area contributed by atoms with Crippen LogP contribution < -0.4 is 5.32 Å². The first-order valence-electron chi connectivity index (χ1n) is 5.94. The molecule has 0 saturated carbocycles. The average Bonchev–Trinajstić information content (AvgIpc) is 2.90. The number of hydrogen-bond acceptors (Lipinski definition) is 5. The van der Waals surface area contributed by atoms with Crippen molar-refractivity contribution in [1.82, 2.24) is 5.32 Å². The van der Waals surface area contributed by atoms with Crippen LogP contribution in [0.5, 0.6) is 0 Å². The molecule has 1 rings (SSSR count). The zero-order valence-corrected chi connectivity index (χ0v) is 10.6. The minimum absolute atomic E-state index is 0.213. The molecule has 0 unspecified atom stereocenters. The van der Waals surface area contributed by atoms with Crippen LogP contribution >= 0.6 is 0 Å². The minimum Gasteiger partial charge on any atom is -0.467 e. The molecule has 1 amide bonds. The number of nitrogens with one attached hydrogen (secondary N) is 1. The molecule has 0 aromatic heterocycles. The van der Waals surface area contributed by atoms with Gasteiger partial charge in [0.05, 0.1) is 25.7 Å². The third-order valence-corrected chi connectivity index (χ3v) is 2.91. The van der Waals surface area contributed by atoms with Gasteiger partial charge in [0, 0.05) is 12.5 Å². The van der Waals surface area contributed by atoms with Gasteiger partial charge in [0.2, 0.25) is 5.91 Å². The van der Waals surface area contributed by atoms with Crippen molar-refractivity contribution in [1.29, 1.82) is 5.26 Å². The zero-order valence-electron chi connectivity index (χ0n) is 10.6. The van der Waals surface area contributed by atoms with Gasteiger partial charge in [0.1, 0.15) is 6.04 Å². The summed E-state index contributed by atoms with van der Waals surface area (Å²) in [4.78, 5) is 23.4. The Hall–Kier alpha value is -1.61. The van der Waals surface area contributed by atoms with Crippen LogP contribution in [0.1, 0.15) is 19.8 Å². The summed E-state index contributed by atoms with van der Waals surface area (Å²) in [7, 11) is 1.26. The molecule has 18 heavy (non-hydrogen) atoms. The van der Waals surface area contributed by atoms with Gasteiger partial charge in [-0.1, -0.05) is 0 Å². The number of nitriles is 1. The molecule has 0 radical (unpaired) electrons. The standard InChI is InChI=1S/C12H18N2O4/c1-8(6-13)5-10(12(16)17-2)14-11(15)9-3-4-18-7-9/h8-10H,3-5,7H2,1-2H3,(H,14,15)/t8-,9-,10-/m0/s1. The van der Waals surface area contributed by atoms with E-state index in [2.05, 4.69) is 10.1 Å². The topological polar surface area (TPSA) is 88.4 Å². The summed E-state index contributed by atoms with van der Waals surface area (Å²) in [6.07, 6.45) is 0.913. The van der Waals surface area contributed by atoms with Crippen LogP contribution in [-0.2, 0) is 19.1 Å². The number of amides is 1. The van der Waals surface area contributed by atoms with Crippen molar-refractivity contribution >= 4 is 11.9 Å². The molecule has 1 aliphatic rings. The van der Waals surface area contributed by atoms with Crippen LogP contribution in [0.25, 0.3) is 0 Å². The highest BCUT2D eigenvalue weighted by Gasteiger charge is 2.29. The lowest BCUT2D eigenvalue weighted by Gasteiger charge is -2.19. The van der Waals surface area contributed by atoms with E-state index in [0.29, 0.717) is 19.6 Å². The van der Waals surface area contributed by atoms with E-state index in [1.807, 2.05) is 6.07 Å². The largest absolute Gasteiger partial charge is 0.467 e. The molecule has 100 valence electrons. The molecule has 6 heteroatoms. The molecule has 0 aliphatic carbocycles. The highest BCUT2D eigenvalue weighted by atomic mass is 16.5. The van der Waals surface area contributed by atoms with Crippen molar-refractivity contribution in [3.8, 4) is 6.07 Å². The second-order valence-corrected chi connectivity index (χ2v) is 4.41. The van der Waals surface area contributed by atoms with Gasteiger partial charge in [-0.15, -0.1) is 0 Å². The minimum atomic E-state index is -0.766. The van der Waals surface area contributed by atoms with Gasteiger partial charge >= 0.3 is 5.97 Å². The summed E-state index contributed by atoms with van der Waals surface area (Å²) in [6.45, 7) is 2.64. The first-order chi connectivity index (χ1) is 8.58. The van der Waals surface area contributed by atoms with Crippen LogP contribution in [0.3, 0.4) is 0 Å². The normalized spacial score (nSPS) is 21.7. The van der Waals surface area contributed by atoms with Crippen molar-refractivity contribution in [2.24, 2.45) is 11.8 Å². The first kappa shape index (κ1) is 14.5. The molecule has 0 spiro atoms. The number of rotatable bonds is 5. The van der Waals surface area contributed by atoms with Gasteiger partial charge < -0.3 is 14.8 Å². The molecule has 1 heterocycles. The maximum atomic E-state index is 11.9. The lowest BCUT2D eigenvalue weighted by atomic mass is 10.0. The van der Waals surface area contributed by atoms with E-state index in [1.54, 1.807) is 6.92 Å². The molecule has 0 bridgehead atoms. The quantitative estimate of drug-likeness (QED) is 0.709. The average molecular weight is 254 g/mol. The molecule has 1 fully saturated rings. The van der Waals surface area contributed by atoms with E-state index in [-0.39, 0.29) is 24.2 Å². The Labute approximate surface area is 106 Å². The van der Waals surface area contributed by atoms with Crippen LogP contribution in [-0.4, -0.2) is 38.2 Å². The Bertz CT molecular complexity index is 344. The predicted molar refractivity (Wildman–Crippen MR) is 62.3 cm³/mol. The molecule has 6 nitrogen and oxygen atoms in total. The molecule has 1 aliphatic heterocycles. The van der Waals surface area contributed by atoms with Gasteiger partial charge in [0.15, 0.2) is 0 Å². The van der Waals surface area contributed by atoms with Gasteiger partial charge in [-0.25, -0.2) is 4.79 Å². The molecule has 0 aromatic carbocycles. The van der Waals surface area contributed by atoms with E-state index in [1.165, 1.54) is 7.11 Å². The maximum absolute atomic E-state index is 11.9. The zero-order chi connectivity index (χ0) is 13.5. The smallest absolute Gasteiger partial charge is 0.328 e. The van der Waals surface area contributed by atoms with E-state index >= 15 is 0 Å². The van der Waals surface area contributed by atoms with Crippen molar-refractivity contribution < 1.29 is 19.1 Å². The number of hydrogen-bond donors (Lipinski definition) is 1. The number of nitrogens with zero attached hydrogens (tertiary/aromatic N) is 1. The van der Waals surface area contributed by atoms with Gasteiger partial charge in [-0.3, -0.25) is 4.79 Å². The second-order valence-electron chi connectivity index (χ2n) is 4.41. The molecule has 3 atom stereocenters. The van der Waals surface area contributed by atoms with Gasteiger partial charge in [0.25, 0.3) is 0 Å². The Kier molecular flexibility index (Phi) is 5.59. The predicted octanol–water partition coefficient (Wildman–Crippen LogP) is 0.230. The van der Waals surface area contributed by atoms with Crippen LogP contribution in [0, 0.1) is 23.2 Å². The number of esters is 1. The van der Waals surface area contributed by atoms with Crippen molar-refractivity contribution in [3.05, 3.63) is 0 Å². The molecule has 1 saturated heterocycles. The number of ether oxygens (including phenoxy) is 2. The second kappa shape index (κ2) is 6.97. The van der Waals surface area contributed by atoms with E-state index in [0.717, 1.165) is 0 Å². The first-order valence-corrected chi connectivity index (χ1v) is 5.94. The summed E-state index contributed by atoms with van der Waals surface area (Å²) in [5.74, 6) is -1.28.